The van der Waals surface area contributed by atoms with Gasteiger partial charge in [0.2, 0.25) is 0 Å². The lowest BCUT2D eigenvalue weighted by Crippen LogP contribution is -2.28. The molecule has 0 saturated heterocycles. The molecule has 18 heavy (non-hydrogen) atoms. The van der Waals surface area contributed by atoms with Crippen molar-refractivity contribution in [3.05, 3.63) is 28.8 Å². The maximum absolute atomic E-state index is 6.22. The van der Waals surface area contributed by atoms with Crippen LogP contribution in [0.3, 0.4) is 0 Å². The van der Waals surface area contributed by atoms with Gasteiger partial charge in [0.05, 0.1) is 6.10 Å². The Morgan fingerprint density at radius 2 is 1.61 bits per heavy atom. The van der Waals surface area contributed by atoms with E-state index < -0.39 is 0 Å². The molecule has 2 nitrogen and oxygen atoms in total. The summed E-state index contributed by atoms with van der Waals surface area (Å²) in [5, 5.41) is 0. The van der Waals surface area contributed by atoms with E-state index in [4.69, 9.17) is 10.5 Å². The van der Waals surface area contributed by atoms with Crippen molar-refractivity contribution < 1.29 is 4.74 Å². The molecule has 1 aromatic carbocycles. The summed E-state index contributed by atoms with van der Waals surface area (Å²) in [5.41, 5.74) is 9.55. The van der Waals surface area contributed by atoms with Crippen LogP contribution in [0.15, 0.2) is 12.1 Å². The highest BCUT2D eigenvalue weighted by atomic mass is 16.5. The van der Waals surface area contributed by atoms with Crippen LogP contribution in [0.25, 0.3) is 0 Å². The normalized spacial score (nSPS) is 24.0. The van der Waals surface area contributed by atoms with Crippen LogP contribution >= 0.6 is 0 Å². The number of rotatable bonds is 3. The quantitative estimate of drug-likeness (QED) is 0.887. The van der Waals surface area contributed by atoms with Crippen molar-refractivity contribution in [1.29, 1.82) is 0 Å². The number of ether oxygens (including phenoxy) is 1. The predicted molar refractivity (Wildman–Crippen MR) is 76.1 cm³/mol. The van der Waals surface area contributed by atoms with Crippen LogP contribution in [0.4, 0.5) is 0 Å². The summed E-state index contributed by atoms with van der Waals surface area (Å²) in [6.07, 6.45) is 5.10. The smallest absolute Gasteiger partial charge is 0.125 e. The van der Waals surface area contributed by atoms with E-state index in [0.717, 1.165) is 25.1 Å². The average molecular weight is 247 g/mol. The molecular weight excluding hydrogens is 222 g/mol. The van der Waals surface area contributed by atoms with Crippen molar-refractivity contribution in [2.75, 3.05) is 6.54 Å². The van der Waals surface area contributed by atoms with Gasteiger partial charge in [-0.05, 0) is 70.0 Å². The Labute approximate surface area is 111 Å². The van der Waals surface area contributed by atoms with Crippen molar-refractivity contribution in [2.45, 2.75) is 52.6 Å². The van der Waals surface area contributed by atoms with Crippen molar-refractivity contribution >= 4 is 0 Å². The maximum atomic E-state index is 6.22. The first-order chi connectivity index (χ1) is 8.60. The zero-order chi connectivity index (χ0) is 13.1. The number of hydrogen-bond donors (Lipinski definition) is 1. The Balaban J connectivity index is 2.02. The molecule has 2 heteroatoms. The van der Waals surface area contributed by atoms with Gasteiger partial charge in [-0.3, -0.25) is 0 Å². The Kier molecular flexibility index (Phi) is 4.28. The van der Waals surface area contributed by atoms with E-state index in [9.17, 15) is 0 Å². The number of hydrogen-bond acceptors (Lipinski definition) is 2. The molecule has 0 atom stereocenters. The number of aryl methyl sites for hydroxylation is 3. The standard InChI is InChI=1S/C16H25NO/c1-11-8-12(2)16(13(3)9-11)18-15-6-4-14(10-17)5-7-15/h8-9,14-15H,4-7,10,17H2,1-3H3. The van der Waals surface area contributed by atoms with E-state index in [1.807, 2.05) is 0 Å². The molecule has 0 bridgehead atoms. The Bertz CT molecular complexity index is 383. The second kappa shape index (κ2) is 5.75. The Hall–Kier alpha value is -1.02. The minimum absolute atomic E-state index is 0.382. The van der Waals surface area contributed by atoms with E-state index in [0.29, 0.717) is 12.0 Å². The molecule has 0 amide bonds. The van der Waals surface area contributed by atoms with E-state index >= 15 is 0 Å². The van der Waals surface area contributed by atoms with Crippen LogP contribution in [0, 0.1) is 26.7 Å². The summed E-state index contributed by atoms with van der Waals surface area (Å²) in [4.78, 5) is 0. The minimum atomic E-state index is 0.382. The zero-order valence-corrected chi connectivity index (χ0v) is 11.8. The molecule has 1 aliphatic rings. The van der Waals surface area contributed by atoms with Crippen LogP contribution < -0.4 is 10.5 Å². The molecule has 0 unspecified atom stereocenters. The first kappa shape index (κ1) is 13.4. The summed E-state index contributed by atoms with van der Waals surface area (Å²) in [6.45, 7) is 7.24. The fourth-order valence-corrected chi connectivity index (χ4v) is 3.00. The van der Waals surface area contributed by atoms with E-state index in [2.05, 4.69) is 32.9 Å². The lowest BCUT2D eigenvalue weighted by atomic mass is 9.87. The Morgan fingerprint density at radius 3 is 2.11 bits per heavy atom. The van der Waals surface area contributed by atoms with Gasteiger partial charge in [0, 0.05) is 0 Å². The third-order valence-electron chi connectivity index (χ3n) is 4.02. The van der Waals surface area contributed by atoms with Crippen molar-refractivity contribution in [3.8, 4) is 5.75 Å². The van der Waals surface area contributed by atoms with Gasteiger partial charge in [0.25, 0.3) is 0 Å². The molecule has 2 N–H and O–H groups in total. The van der Waals surface area contributed by atoms with Crippen LogP contribution in [0.1, 0.15) is 42.4 Å². The van der Waals surface area contributed by atoms with Gasteiger partial charge in [-0.1, -0.05) is 17.7 Å². The lowest BCUT2D eigenvalue weighted by molar-refractivity contribution is 0.131. The molecular formula is C16H25NO. The maximum Gasteiger partial charge on any atom is 0.125 e. The monoisotopic (exact) mass is 247 g/mol. The Morgan fingerprint density at radius 1 is 1.06 bits per heavy atom. The van der Waals surface area contributed by atoms with Crippen molar-refractivity contribution in [3.63, 3.8) is 0 Å². The van der Waals surface area contributed by atoms with Gasteiger partial charge < -0.3 is 10.5 Å². The van der Waals surface area contributed by atoms with Gasteiger partial charge >= 0.3 is 0 Å². The second-order valence-corrected chi connectivity index (χ2v) is 5.72. The van der Waals surface area contributed by atoms with Gasteiger partial charge in [-0.2, -0.15) is 0 Å². The number of benzene rings is 1. The highest BCUT2D eigenvalue weighted by Crippen LogP contribution is 2.31. The van der Waals surface area contributed by atoms with E-state index in [1.54, 1.807) is 0 Å². The summed E-state index contributed by atoms with van der Waals surface area (Å²) in [5.74, 6) is 1.81. The molecule has 0 aromatic heterocycles. The molecule has 0 spiro atoms. The van der Waals surface area contributed by atoms with E-state index in [1.165, 1.54) is 29.5 Å². The summed E-state index contributed by atoms with van der Waals surface area (Å²) in [6, 6.07) is 4.40. The molecule has 2 rings (SSSR count). The second-order valence-electron chi connectivity index (χ2n) is 5.72. The molecule has 1 fully saturated rings. The van der Waals surface area contributed by atoms with Gasteiger partial charge in [0.15, 0.2) is 0 Å². The average Bonchev–Trinajstić information content (AvgIpc) is 2.34. The molecule has 0 radical (unpaired) electrons. The summed E-state index contributed by atoms with van der Waals surface area (Å²) in [7, 11) is 0. The first-order valence-corrected chi connectivity index (χ1v) is 7.04. The third kappa shape index (κ3) is 3.05. The van der Waals surface area contributed by atoms with Crippen molar-refractivity contribution in [1.82, 2.24) is 0 Å². The lowest BCUT2D eigenvalue weighted by Gasteiger charge is -2.29. The summed E-state index contributed by atoms with van der Waals surface area (Å²) < 4.78 is 6.22. The van der Waals surface area contributed by atoms with Crippen LogP contribution in [0.5, 0.6) is 5.75 Å². The first-order valence-electron chi connectivity index (χ1n) is 7.04. The minimum Gasteiger partial charge on any atom is -0.490 e. The van der Waals surface area contributed by atoms with Crippen LogP contribution in [-0.2, 0) is 0 Å². The highest BCUT2D eigenvalue weighted by molar-refractivity contribution is 5.43. The van der Waals surface area contributed by atoms with Crippen molar-refractivity contribution in [2.24, 2.45) is 11.7 Å². The summed E-state index contributed by atoms with van der Waals surface area (Å²) >= 11 is 0. The SMILES string of the molecule is Cc1cc(C)c(OC2CCC(CN)CC2)c(C)c1. The van der Waals surface area contributed by atoms with Crippen LogP contribution in [0.2, 0.25) is 0 Å². The van der Waals surface area contributed by atoms with Gasteiger partial charge in [-0.15, -0.1) is 0 Å². The largest absolute Gasteiger partial charge is 0.490 e. The molecule has 100 valence electrons. The topological polar surface area (TPSA) is 35.2 Å². The molecule has 1 aromatic rings. The van der Waals surface area contributed by atoms with E-state index in [-0.39, 0.29) is 0 Å². The number of nitrogens with two attached hydrogens (primary N) is 1. The predicted octanol–water partition coefficient (Wildman–Crippen LogP) is 3.51. The van der Waals surface area contributed by atoms with Gasteiger partial charge in [-0.25, -0.2) is 0 Å². The molecule has 0 heterocycles. The fraction of sp³-hybridized carbons (Fsp3) is 0.625. The van der Waals surface area contributed by atoms with Gasteiger partial charge in [0.1, 0.15) is 5.75 Å². The third-order valence-corrected chi connectivity index (χ3v) is 4.02. The fourth-order valence-electron chi connectivity index (χ4n) is 3.00. The highest BCUT2D eigenvalue weighted by Gasteiger charge is 2.22. The molecule has 1 saturated carbocycles. The molecule has 0 aliphatic heterocycles. The zero-order valence-electron chi connectivity index (χ0n) is 11.8. The molecule has 1 aliphatic carbocycles. The van der Waals surface area contributed by atoms with Crippen LogP contribution in [-0.4, -0.2) is 12.6 Å².